The summed E-state index contributed by atoms with van der Waals surface area (Å²) >= 11 is 7.96. The topological polar surface area (TPSA) is 70.2 Å². The van der Waals surface area contributed by atoms with Crippen LogP contribution in [-0.4, -0.2) is 27.8 Å². The van der Waals surface area contributed by atoms with Crippen molar-refractivity contribution in [2.45, 2.75) is 42.6 Å². The highest BCUT2D eigenvalue weighted by molar-refractivity contribution is 7.98. The number of aromatic nitrogens is 3. The highest BCUT2D eigenvalue weighted by atomic mass is 35.5. The summed E-state index contributed by atoms with van der Waals surface area (Å²) in [4.78, 5) is 11.6. The van der Waals surface area contributed by atoms with Crippen molar-refractivity contribution < 1.29 is 13.9 Å². The van der Waals surface area contributed by atoms with E-state index in [0.717, 1.165) is 29.4 Å². The third kappa shape index (κ3) is 3.82. The van der Waals surface area contributed by atoms with Crippen LogP contribution in [0.4, 0.5) is 0 Å². The minimum Gasteiger partial charge on any atom is -0.463 e. The van der Waals surface area contributed by atoms with Crippen molar-refractivity contribution in [3.8, 4) is 11.4 Å². The first-order chi connectivity index (χ1) is 13.7. The zero-order valence-corrected chi connectivity index (χ0v) is 17.0. The van der Waals surface area contributed by atoms with E-state index in [9.17, 15) is 4.79 Å². The molecular weight excluding hydrogens is 398 g/mol. The average molecular weight is 418 g/mol. The lowest BCUT2D eigenvalue weighted by Crippen LogP contribution is -2.08. The van der Waals surface area contributed by atoms with Crippen LogP contribution in [-0.2, 0) is 10.5 Å². The van der Waals surface area contributed by atoms with E-state index in [-0.39, 0.29) is 5.76 Å². The second kappa shape index (κ2) is 8.41. The second-order valence-corrected chi connectivity index (χ2v) is 7.99. The Morgan fingerprint density at radius 2 is 2.04 bits per heavy atom. The summed E-state index contributed by atoms with van der Waals surface area (Å²) in [6.07, 6.45) is 4.62. The van der Waals surface area contributed by atoms with Crippen molar-refractivity contribution in [3.63, 3.8) is 0 Å². The van der Waals surface area contributed by atoms with Gasteiger partial charge in [0.05, 0.1) is 17.9 Å². The number of hydrogen-bond donors (Lipinski definition) is 0. The molecule has 1 aliphatic rings. The molecule has 0 bridgehead atoms. The number of ether oxygens (including phenoxy) is 1. The molecule has 0 aliphatic heterocycles. The summed E-state index contributed by atoms with van der Waals surface area (Å²) in [6.45, 7) is 0. The molecule has 0 radical (unpaired) electrons. The maximum Gasteiger partial charge on any atom is 0.373 e. The SMILES string of the molecule is COC(=O)c1ccc(CSc2nnc(-c3ccccc3Cl)n2C2CCCC2)o1. The maximum absolute atomic E-state index is 11.6. The Kier molecular flexibility index (Phi) is 5.73. The molecule has 2 heterocycles. The van der Waals surface area contributed by atoms with Crippen LogP contribution >= 0.6 is 23.4 Å². The molecule has 8 heteroatoms. The zero-order valence-electron chi connectivity index (χ0n) is 15.4. The normalized spacial score (nSPS) is 14.5. The van der Waals surface area contributed by atoms with Crippen molar-refractivity contribution in [1.82, 2.24) is 14.8 Å². The van der Waals surface area contributed by atoms with Crippen LogP contribution in [0.5, 0.6) is 0 Å². The van der Waals surface area contributed by atoms with E-state index in [0.29, 0.717) is 22.6 Å². The van der Waals surface area contributed by atoms with Gasteiger partial charge in [0.25, 0.3) is 0 Å². The van der Waals surface area contributed by atoms with Crippen LogP contribution in [0.1, 0.15) is 48.0 Å². The molecule has 0 spiro atoms. The first-order valence-electron chi connectivity index (χ1n) is 9.17. The van der Waals surface area contributed by atoms with Gasteiger partial charge in [0, 0.05) is 11.6 Å². The molecule has 1 aliphatic carbocycles. The maximum atomic E-state index is 11.6. The number of rotatable bonds is 6. The highest BCUT2D eigenvalue weighted by Crippen LogP contribution is 2.38. The molecule has 1 saturated carbocycles. The summed E-state index contributed by atoms with van der Waals surface area (Å²) in [5, 5.41) is 10.4. The third-order valence-electron chi connectivity index (χ3n) is 4.86. The van der Waals surface area contributed by atoms with Gasteiger partial charge in [0.1, 0.15) is 5.76 Å². The second-order valence-electron chi connectivity index (χ2n) is 6.64. The van der Waals surface area contributed by atoms with Crippen molar-refractivity contribution >= 4 is 29.3 Å². The van der Waals surface area contributed by atoms with Crippen molar-refractivity contribution in [1.29, 1.82) is 0 Å². The standard InChI is InChI=1S/C20H20ClN3O3S/c1-26-19(25)17-11-10-14(27-17)12-28-20-23-22-18(15-8-4-5-9-16(15)21)24(20)13-6-2-3-7-13/h4-5,8-11,13H,2-3,6-7,12H2,1H3. The van der Waals surface area contributed by atoms with Gasteiger partial charge >= 0.3 is 5.97 Å². The number of benzene rings is 1. The number of furan rings is 1. The number of hydrogen-bond acceptors (Lipinski definition) is 6. The Hall–Kier alpha value is -2.25. The zero-order chi connectivity index (χ0) is 19.5. The van der Waals surface area contributed by atoms with Crippen LogP contribution in [0.2, 0.25) is 5.02 Å². The Bertz CT molecular complexity index is 979. The quantitative estimate of drug-likeness (QED) is 0.395. The Balaban J connectivity index is 1.61. The fourth-order valence-corrected chi connectivity index (χ4v) is 4.61. The molecule has 1 aromatic carbocycles. The highest BCUT2D eigenvalue weighted by Gasteiger charge is 2.26. The lowest BCUT2D eigenvalue weighted by molar-refractivity contribution is 0.0563. The van der Waals surface area contributed by atoms with Gasteiger partial charge in [-0.25, -0.2) is 4.79 Å². The number of nitrogens with zero attached hydrogens (tertiary/aromatic N) is 3. The van der Waals surface area contributed by atoms with Crippen LogP contribution in [0.3, 0.4) is 0 Å². The lowest BCUT2D eigenvalue weighted by atomic mass is 10.2. The van der Waals surface area contributed by atoms with E-state index >= 15 is 0 Å². The molecule has 4 rings (SSSR count). The smallest absolute Gasteiger partial charge is 0.373 e. The largest absolute Gasteiger partial charge is 0.463 e. The summed E-state index contributed by atoms with van der Waals surface area (Å²) in [6, 6.07) is 11.5. The van der Waals surface area contributed by atoms with E-state index in [1.54, 1.807) is 23.9 Å². The number of halogens is 1. The van der Waals surface area contributed by atoms with Gasteiger partial charge in [-0.2, -0.15) is 0 Å². The predicted molar refractivity (Wildman–Crippen MR) is 108 cm³/mol. The molecule has 0 N–H and O–H groups in total. The predicted octanol–water partition coefficient (Wildman–Crippen LogP) is 5.39. The first-order valence-corrected chi connectivity index (χ1v) is 10.5. The number of methoxy groups -OCH3 is 1. The minimum absolute atomic E-state index is 0.201. The number of thioether (sulfide) groups is 1. The average Bonchev–Trinajstić information content (AvgIpc) is 3.45. The lowest BCUT2D eigenvalue weighted by Gasteiger charge is -2.17. The van der Waals surface area contributed by atoms with Gasteiger partial charge in [-0.05, 0) is 37.1 Å². The molecule has 0 saturated heterocycles. The molecule has 146 valence electrons. The molecule has 6 nitrogen and oxygen atoms in total. The summed E-state index contributed by atoms with van der Waals surface area (Å²) < 4.78 is 12.5. The van der Waals surface area contributed by atoms with Gasteiger partial charge < -0.3 is 9.15 Å². The van der Waals surface area contributed by atoms with Crippen molar-refractivity contribution in [3.05, 3.63) is 52.9 Å². The van der Waals surface area contributed by atoms with E-state index < -0.39 is 5.97 Å². The Morgan fingerprint density at radius 1 is 1.25 bits per heavy atom. The van der Waals surface area contributed by atoms with Crippen molar-refractivity contribution in [2.75, 3.05) is 7.11 Å². The van der Waals surface area contributed by atoms with E-state index in [2.05, 4.69) is 19.5 Å². The van der Waals surface area contributed by atoms with E-state index in [1.165, 1.54) is 20.0 Å². The summed E-state index contributed by atoms with van der Waals surface area (Å²) in [5.74, 6) is 1.75. The molecule has 3 aromatic rings. The minimum atomic E-state index is -0.480. The van der Waals surface area contributed by atoms with Crippen LogP contribution < -0.4 is 0 Å². The van der Waals surface area contributed by atoms with Crippen LogP contribution in [0, 0.1) is 0 Å². The number of carbonyl (C=O) groups is 1. The number of esters is 1. The van der Waals surface area contributed by atoms with E-state index in [1.807, 2.05) is 24.3 Å². The monoisotopic (exact) mass is 417 g/mol. The molecule has 28 heavy (non-hydrogen) atoms. The molecular formula is C20H20ClN3O3S. The van der Waals surface area contributed by atoms with Crippen LogP contribution in [0.15, 0.2) is 46.0 Å². The fraction of sp³-hybridized carbons (Fsp3) is 0.350. The Morgan fingerprint density at radius 3 is 2.79 bits per heavy atom. The van der Waals surface area contributed by atoms with Gasteiger partial charge in [-0.1, -0.05) is 48.3 Å². The molecule has 0 unspecified atom stereocenters. The first kappa shape index (κ1) is 19.1. The van der Waals surface area contributed by atoms with Gasteiger partial charge in [-0.3, -0.25) is 4.57 Å². The third-order valence-corrected chi connectivity index (χ3v) is 6.16. The van der Waals surface area contributed by atoms with Crippen LogP contribution in [0.25, 0.3) is 11.4 Å². The van der Waals surface area contributed by atoms with Gasteiger partial charge in [-0.15, -0.1) is 10.2 Å². The molecule has 2 aromatic heterocycles. The van der Waals surface area contributed by atoms with Gasteiger partial charge in [0.2, 0.25) is 5.76 Å². The van der Waals surface area contributed by atoms with Crippen molar-refractivity contribution in [2.24, 2.45) is 0 Å². The molecule has 0 atom stereocenters. The molecule has 0 amide bonds. The molecule has 1 fully saturated rings. The summed E-state index contributed by atoms with van der Waals surface area (Å²) in [7, 11) is 1.33. The fourth-order valence-electron chi connectivity index (χ4n) is 3.49. The Labute approximate surface area is 172 Å². The summed E-state index contributed by atoms with van der Waals surface area (Å²) in [5.41, 5.74) is 0.890. The van der Waals surface area contributed by atoms with E-state index in [4.69, 9.17) is 16.0 Å². The van der Waals surface area contributed by atoms with Gasteiger partial charge in [0.15, 0.2) is 11.0 Å². The number of carbonyl (C=O) groups excluding carboxylic acids is 1.